The van der Waals surface area contributed by atoms with Crippen molar-refractivity contribution in [2.75, 3.05) is 7.11 Å². The number of nitrogens with zero attached hydrogens (tertiary/aromatic N) is 1. The van der Waals surface area contributed by atoms with Crippen molar-refractivity contribution in [3.05, 3.63) is 89.7 Å². The summed E-state index contributed by atoms with van der Waals surface area (Å²) >= 11 is 16.6. The predicted molar refractivity (Wildman–Crippen MR) is 133 cm³/mol. The van der Waals surface area contributed by atoms with Gasteiger partial charge >= 0.3 is 0 Å². The number of methoxy groups -OCH3 is 1. The van der Waals surface area contributed by atoms with Crippen molar-refractivity contribution in [3.8, 4) is 11.5 Å². The molecule has 5 nitrogen and oxygen atoms in total. The topological polar surface area (TPSA) is 59.9 Å². The van der Waals surface area contributed by atoms with Gasteiger partial charge in [0.2, 0.25) is 0 Å². The van der Waals surface area contributed by atoms with Gasteiger partial charge in [0, 0.05) is 15.1 Å². The van der Waals surface area contributed by atoms with Gasteiger partial charge in [0.05, 0.1) is 27.8 Å². The van der Waals surface area contributed by atoms with Gasteiger partial charge in [0.15, 0.2) is 0 Å². The lowest BCUT2D eigenvalue weighted by molar-refractivity contribution is 0.0952. The van der Waals surface area contributed by atoms with Crippen molar-refractivity contribution in [1.29, 1.82) is 0 Å². The van der Waals surface area contributed by atoms with E-state index >= 15 is 0 Å². The number of benzene rings is 3. The second-order valence-electron chi connectivity index (χ2n) is 6.24. The van der Waals surface area contributed by atoms with Gasteiger partial charge in [-0.1, -0.05) is 45.7 Å². The van der Waals surface area contributed by atoms with E-state index in [2.05, 4.69) is 58.3 Å². The van der Waals surface area contributed by atoms with E-state index in [1.54, 1.807) is 18.2 Å². The largest absolute Gasteiger partial charge is 0.496 e. The summed E-state index contributed by atoms with van der Waals surface area (Å²) in [7, 11) is 1.51. The highest BCUT2D eigenvalue weighted by atomic mass is 79.9. The molecule has 31 heavy (non-hydrogen) atoms. The zero-order chi connectivity index (χ0) is 22.4. The molecule has 160 valence electrons. The maximum absolute atomic E-state index is 12.4. The van der Waals surface area contributed by atoms with Gasteiger partial charge in [0.1, 0.15) is 18.1 Å². The second kappa shape index (κ2) is 11.1. The van der Waals surface area contributed by atoms with Crippen LogP contribution < -0.4 is 14.9 Å². The molecule has 3 rings (SSSR count). The van der Waals surface area contributed by atoms with Gasteiger partial charge in [-0.2, -0.15) is 5.10 Å². The molecule has 0 saturated carbocycles. The molecule has 1 N–H and O–H groups in total. The van der Waals surface area contributed by atoms with Gasteiger partial charge in [0.25, 0.3) is 5.91 Å². The molecule has 0 bridgehead atoms. The standard InChI is InChI=1S/C22H16Br3ClN2O3/c1-30-20-7-6-15(23)10-16(20)22(29)28-27-11-13-8-17(24)21(18(25)9-13)31-12-14-4-2-3-5-19(14)26/h2-11H,12H2,1H3,(H,28,29)/b27-11-. The van der Waals surface area contributed by atoms with Gasteiger partial charge in [-0.3, -0.25) is 4.79 Å². The number of carbonyl (C=O) groups is 1. The lowest BCUT2D eigenvalue weighted by Crippen LogP contribution is -2.18. The molecule has 0 aliphatic carbocycles. The Morgan fingerprint density at radius 3 is 2.48 bits per heavy atom. The first kappa shape index (κ1) is 23.8. The van der Waals surface area contributed by atoms with Crippen LogP contribution in [0.5, 0.6) is 11.5 Å². The fourth-order valence-corrected chi connectivity index (χ4v) is 4.64. The van der Waals surface area contributed by atoms with Crippen LogP contribution in [-0.2, 0) is 6.61 Å². The summed E-state index contributed by atoms with van der Waals surface area (Å²) in [5.74, 6) is 0.716. The number of nitrogens with one attached hydrogen (secondary N) is 1. The monoisotopic (exact) mass is 628 g/mol. The Hall–Kier alpha value is -1.87. The minimum absolute atomic E-state index is 0.328. The van der Waals surface area contributed by atoms with E-state index in [0.29, 0.717) is 28.7 Å². The fraction of sp³-hybridized carbons (Fsp3) is 0.0909. The highest BCUT2D eigenvalue weighted by molar-refractivity contribution is 9.11. The maximum Gasteiger partial charge on any atom is 0.275 e. The molecule has 1 amide bonds. The first-order valence-corrected chi connectivity index (χ1v) is 11.7. The molecule has 0 radical (unpaired) electrons. The van der Waals surface area contributed by atoms with Crippen LogP contribution in [-0.4, -0.2) is 19.2 Å². The number of rotatable bonds is 7. The van der Waals surface area contributed by atoms with Crippen molar-refractivity contribution in [2.24, 2.45) is 5.10 Å². The van der Waals surface area contributed by atoms with E-state index in [1.165, 1.54) is 13.3 Å². The summed E-state index contributed by atoms with van der Waals surface area (Å²) in [5.41, 5.74) is 4.53. The van der Waals surface area contributed by atoms with Gasteiger partial charge in [-0.05, 0) is 73.8 Å². The molecule has 0 aliphatic rings. The molecule has 0 fully saturated rings. The van der Waals surface area contributed by atoms with E-state index in [4.69, 9.17) is 21.1 Å². The lowest BCUT2D eigenvalue weighted by atomic mass is 10.2. The molecule has 0 spiro atoms. The van der Waals surface area contributed by atoms with E-state index < -0.39 is 0 Å². The van der Waals surface area contributed by atoms with Crippen molar-refractivity contribution in [1.82, 2.24) is 5.43 Å². The number of carbonyl (C=O) groups excluding carboxylic acids is 1. The molecular formula is C22H16Br3ClN2O3. The van der Waals surface area contributed by atoms with Crippen LogP contribution in [0, 0.1) is 0 Å². The Kier molecular flexibility index (Phi) is 8.54. The van der Waals surface area contributed by atoms with Crippen LogP contribution in [0.3, 0.4) is 0 Å². The quantitative estimate of drug-likeness (QED) is 0.226. The Labute approximate surface area is 210 Å². The van der Waals surface area contributed by atoms with Crippen LogP contribution in [0.25, 0.3) is 0 Å². The normalized spacial score (nSPS) is 10.9. The van der Waals surface area contributed by atoms with Crippen LogP contribution >= 0.6 is 59.4 Å². The summed E-state index contributed by atoms with van der Waals surface area (Å²) in [5, 5.41) is 4.69. The first-order chi connectivity index (χ1) is 14.9. The third-order valence-electron chi connectivity index (χ3n) is 4.14. The summed E-state index contributed by atoms with van der Waals surface area (Å²) in [6, 6.07) is 16.4. The Morgan fingerprint density at radius 1 is 1.10 bits per heavy atom. The van der Waals surface area contributed by atoms with Crippen molar-refractivity contribution < 1.29 is 14.3 Å². The lowest BCUT2D eigenvalue weighted by Gasteiger charge is -2.12. The average molecular weight is 632 g/mol. The predicted octanol–water partition coefficient (Wildman–Crippen LogP) is 6.98. The zero-order valence-electron chi connectivity index (χ0n) is 16.2. The van der Waals surface area contributed by atoms with Crippen LogP contribution in [0.4, 0.5) is 0 Å². The second-order valence-corrected chi connectivity index (χ2v) is 9.27. The van der Waals surface area contributed by atoms with Gasteiger partial charge < -0.3 is 9.47 Å². The third-order valence-corrected chi connectivity index (χ3v) is 6.18. The molecule has 9 heteroatoms. The number of hydrogen-bond donors (Lipinski definition) is 1. The molecule has 0 aromatic heterocycles. The number of amides is 1. The Morgan fingerprint density at radius 2 is 1.81 bits per heavy atom. The molecule has 0 heterocycles. The molecule has 3 aromatic rings. The van der Waals surface area contributed by atoms with E-state index in [0.717, 1.165) is 24.5 Å². The van der Waals surface area contributed by atoms with Crippen molar-refractivity contribution >= 4 is 71.5 Å². The molecular weight excluding hydrogens is 615 g/mol. The van der Waals surface area contributed by atoms with E-state index in [-0.39, 0.29) is 5.91 Å². The smallest absolute Gasteiger partial charge is 0.275 e. The highest BCUT2D eigenvalue weighted by Gasteiger charge is 2.13. The maximum atomic E-state index is 12.4. The average Bonchev–Trinajstić information content (AvgIpc) is 2.74. The number of hydrogen-bond acceptors (Lipinski definition) is 4. The van der Waals surface area contributed by atoms with Crippen LogP contribution in [0.15, 0.2) is 73.1 Å². The summed E-state index contributed by atoms with van der Waals surface area (Å²) in [4.78, 5) is 12.4. The van der Waals surface area contributed by atoms with E-state index in [1.807, 2.05) is 36.4 Å². The van der Waals surface area contributed by atoms with Gasteiger partial charge in [-0.25, -0.2) is 5.43 Å². The van der Waals surface area contributed by atoms with Crippen LogP contribution in [0.2, 0.25) is 5.02 Å². The number of halogens is 4. The Balaban J connectivity index is 1.69. The third kappa shape index (κ3) is 6.32. The molecule has 0 unspecified atom stereocenters. The van der Waals surface area contributed by atoms with Crippen molar-refractivity contribution in [2.45, 2.75) is 6.61 Å². The summed E-state index contributed by atoms with van der Waals surface area (Å²) in [6.45, 7) is 0.328. The first-order valence-electron chi connectivity index (χ1n) is 8.91. The molecule has 3 aromatic carbocycles. The minimum atomic E-state index is -0.382. The summed E-state index contributed by atoms with van der Waals surface area (Å²) < 4.78 is 13.4. The summed E-state index contributed by atoms with van der Waals surface area (Å²) in [6.07, 6.45) is 1.54. The van der Waals surface area contributed by atoms with Crippen LogP contribution in [0.1, 0.15) is 21.5 Å². The number of ether oxygens (including phenoxy) is 2. The molecule has 0 aliphatic heterocycles. The SMILES string of the molecule is COc1ccc(Br)cc1C(=O)N/N=C\c1cc(Br)c(OCc2ccccc2Cl)c(Br)c1. The fourth-order valence-electron chi connectivity index (χ4n) is 2.64. The zero-order valence-corrected chi connectivity index (χ0v) is 21.7. The molecule has 0 saturated heterocycles. The highest BCUT2D eigenvalue weighted by Crippen LogP contribution is 2.35. The number of hydrazone groups is 1. The minimum Gasteiger partial charge on any atom is -0.496 e. The van der Waals surface area contributed by atoms with Crippen molar-refractivity contribution in [3.63, 3.8) is 0 Å². The van der Waals surface area contributed by atoms with E-state index in [9.17, 15) is 4.79 Å². The Bertz CT molecular complexity index is 1120. The molecule has 0 atom stereocenters. The van der Waals surface area contributed by atoms with Gasteiger partial charge in [-0.15, -0.1) is 0 Å².